The summed E-state index contributed by atoms with van der Waals surface area (Å²) in [5.74, 6) is -0.172. The van der Waals surface area contributed by atoms with E-state index in [1.54, 1.807) is 29.5 Å². The molecule has 0 aliphatic carbocycles. The maximum atomic E-state index is 13.1. The Hall–Kier alpha value is -2.70. The zero-order valence-electron chi connectivity index (χ0n) is 19.4. The van der Waals surface area contributed by atoms with Gasteiger partial charge in [0, 0.05) is 25.4 Å². The van der Waals surface area contributed by atoms with E-state index < -0.39 is 22.3 Å². The number of rotatable bonds is 13. The number of esters is 1. The molecule has 9 nitrogen and oxygen atoms in total. The van der Waals surface area contributed by atoms with Crippen molar-refractivity contribution in [3.63, 3.8) is 0 Å². The normalized spacial score (nSPS) is 18.0. The summed E-state index contributed by atoms with van der Waals surface area (Å²) >= 11 is 1.54. The van der Waals surface area contributed by atoms with Gasteiger partial charge in [-0.25, -0.2) is 13.2 Å². The molecule has 0 spiro atoms. The van der Waals surface area contributed by atoms with Crippen LogP contribution in [-0.2, 0) is 29.0 Å². The molecule has 0 saturated heterocycles. The molecule has 0 saturated carbocycles. The van der Waals surface area contributed by atoms with Crippen LogP contribution in [-0.4, -0.2) is 70.1 Å². The zero-order chi connectivity index (χ0) is 25.3. The van der Waals surface area contributed by atoms with Gasteiger partial charge in [0.25, 0.3) is 0 Å². The average molecular weight is 524 g/mol. The molecule has 11 heteroatoms. The van der Waals surface area contributed by atoms with Crippen LogP contribution >= 0.6 is 11.3 Å². The van der Waals surface area contributed by atoms with E-state index in [4.69, 9.17) is 18.9 Å². The molecule has 0 fully saturated rings. The van der Waals surface area contributed by atoms with Crippen molar-refractivity contribution in [2.24, 2.45) is 0 Å². The Morgan fingerprint density at radius 3 is 2.69 bits per heavy atom. The van der Waals surface area contributed by atoms with Crippen molar-refractivity contribution in [2.75, 3.05) is 40.0 Å². The van der Waals surface area contributed by atoms with Crippen molar-refractivity contribution in [1.82, 2.24) is 4.31 Å². The molecule has 1 aliphatic rings. The summed E-state index contributed by atoms with van der Waals surface area (Å²) < 4.78 is 49.0. The summed E-state index contributed by atoms with van der Waals surface area (Å²) in [4.78, 5) is 12.5. The maximum absolute atomic E-state index is 13.1. The van der Waals surface area contributed by atoms with E-state index in [0.29, 0.717) is 12.2 Å². The highest BCUT2D eigenvalue weighted by atomic mass is 32.2. The number of methoxy groups -OCH3 is 1. The van der Waals surface area contributed by atoms with Crippen molar-refractivity contribution in [3.8, 4) is 5.75 Å². The van der Waals surface area contributed by atoms with Gasteiger partial charge < -0.3 is 24.1 Å². The Morgan fingerprint density at radius 1 is 1.29 bits per heavy atom. The number of carbonyl (C=O) groups is 1. The zero-order valence-corrected chi connectivity index (χ0v) is 21.0. The lowest BCUT2D eigenvalue weighted by molar-refractivity contribution is -0.160. The first kappa shape index (κ1) is 26.9. The number of hydrogen-bond acceptors (Lipinski definition) is 9. The number of aliphatic hydroxyl groups excluding tert-OH is 1. The number of sulfonamides is 1. The van der Waals surface area contributed by atoms with Crippen LogP contribution in [0.2, 0.25) is 0 Å². The van der Waals surface area contributed by atoms with E-state index in [1.807, 2.05) is 16.8 Å². The lowest BCUT2D eigenvalue weighted by atomic mass is 9.95. The molecule has 1 aliphatic heterocycles. The predicted octanol–water partition coefficient (Wildman–Crippen LogP) is 2.90. The Kier molecular flexibility index (Phi) is 9.87. The molecule has 0 bridgehead atoms. The summed E-state index contributed by atoms with van der Waals surface area (Å²) in [5.41, 5.74) is 1.02. The van der Waals surface area contributed by atoms with Crippen LogP contribution in [0.3, 0.4) is 0 Å². The van der Waals surface area contributed by atoms with Crippen LogP contribution in [0.25, 0.3) is 0 Å². The van der Waals surface area contributed by atoms with Gasteiger partial charge in [0.1, 0.15) is 12.4 Å². The first-order chi connectivity index (χ1) is 16.9. The summed E-state index contributed by atoms with van der Waals surface area (Å²) in [6.45, 7) is 3.11. The van der Waals surface area contributed by atoms with Gasteiger partial charge in [-0.05, 0) is 52.7 Å². The highest BCUT2D eigenvalue weighted by Crippen LogP contribution is 2.33. The van der Waals surface area contributed by atoms with Crippen molar-refractivity contribution in [2.45, 2.75) is 23.5 Å². The standard InChI is InChI=1S/C24H29NO8S2/c1-3-12-32-24(27)22-15-19(18-8-14-34-17-18)16-23(33-22)31-13-10-25(9-11-26)35(28,29)21-6-4-20(30-2)5-7-21/h3-8,14-15,17,19,23,26H,1,9-13,16H2,2H3/t19-,23?/m0/s1. The predicted molar refractivity (Wildman–Crippen MR) is 131 cm³/mol. The van der Waals surface area contributed by atoms with Gasteiger partial charge in [0.15, 0.2) is 0 Å². The van der Waals surface area contributed by atoms with Gasteiger partial charge in [-0.3, -0.25) is 0 Å². The van der Waals surface area contributed by atoms with Crippen LogP contribution < -0.4 is 4.74 Å². The number of allylic oxidation sites excluding steroid dienone is 1. The summed E-state index contributed by atoms with van der Waals surface area (Å²) in [5, 5.41) is 13.4. The average Bonchev–Trinajstić information content (AvgIpc) is 3.42. The van der Waals surface area contributed by atoms with E-state index in [9.17, 15) is 18.3 Å². The van der Waals surface area contributed by atoms with Crippen LogP contribution in [0.4, 0.5) is 0 Å². The van der Waals surface area contributed by atoms with E-state index in [-0.39, 0.29) is 49.5 Å². The Bertz CT molecular complexity index is 1100. The monoisotopic (exact) mass is 523 g/mol. The second-order valence-corrected chi connectivity index (χ2v) is 10.3. The largest absolute Gasteiger partial charge is 0.497 e. The molecule has 2 atom stereocenters. The highest BCUT2D eigenvalue weighted by Gasteiger charge is 2.30. The third kappa shape index (κ3) is 7.15. The van der Waals surface area contributed by atoms with Crippen molar-refractivity contribution >= 4 is 27.3 Å². The molecule has 0 amide bonds. The molecule has 35 heavy (non-hydrogen) atoms. The molecule has 1 N–H and O–H groups in total. The summed E-state index contributed by atoms with van der Waals surface area (Å²) in [6, 6.07) is 7.97. The SMILES string of the molecule is C=CCOC(=O)C1=C[C@H](c2ccsc2)CC(OCCN(CCO)S(=O)(=O)c2ccc(OC)cc2)O1. The molecule has 1 aromatic heterocycles. The Labute approximate surface area is 209 Å². The fourth-order valence-corrected chi connectivity index (χ4v) is 5.62. The van der Waals surface area contributed by atoms with Crippen LogP contribution in [0.15, 0.2) is 70.5 Å². The molecule has 3 rings (SSSR count). The minimum absolute atomic E-state index is 0.00854. The first-order valence-electron chi connectivity index (χ1n) is 10.9. The van der Waals surface area contributed by atoms with Crippen molar-refractivity contribution < 1.29 is 37.3 Å². The number of thiophene rings is 1. The molecule has 2 aromatic rings. The van der Waals surface area contributed by atoms with E-state index in [0.717, 1.165) is 9.87 Å². The number of carbonyl (C=O) groups excluding carboxylic acids is 1. The lowest BCUT2D eigenvalue weighted by Gasteiger charge is -2.29. The second kappa shape index (κ2) is 12.8. The minimum atomic E-state index is -3.87. The van der Waals surface area contributed by atoms with E-state index >= 15 is 0 Å². The van der Waals surface area contributed by atoms with Gasteiger partial charge in [0.2, 0.25) is 22.1 Å². The van der Waals surface area contributed by atoms with Gasteiger partial charge >= 0.3 is 5.97 Å². The second-order valence-electron chi connectivity index (χ2n) is 7.54. The summed E-state index contributed by atoms with van der Waals surface area (Å²) in [7, 11) is -2.37. The topological polar surface area (TPSA) is 112 Å². The third-order valence-corrected chi connectivity index (χ3v) is 7.87. The first-order valence-corrected chi connectivity index (χ1v) is 13.3. The number of ether oxygens (including phenoxy) is 4. The minimum Gasteiger partial charge on any atom is -0.497 e. The van der Waals surface area contributed by atoms with E-state index in [2.05, 4.69) is 6.58 Å². The number of nitrogens with zero attached hydrogens (tertiary/aromatic N) is 1. The summed E-state index contributed by atoms with van der Waals surface area (Å²) in [6.07, 6.45) is 2.83. The quantitative estimate of drug-likeness (QED) is 0.315. The number of aliphatic hydroxyl groups is 1. The molecule has 0 radical (unpaired) electrons. The Morgan fingerprint density at radius 2 is 2.06 bits per heavy atom. The van der Waals surface area contributed by atoms with Crippen LogP contribution in [0.1, 0.15) is 17.9 Å². The Balaban J connectivity index is 1.67. The molecule has 2 heterocycles. The lowest BCUT2D eigenvalue weighted by Crippen LogP contribution is -2.37. The number of hydrogen-bond donors (Lipinski definition) is 1. The van der Waals surface area contributed by atoms with Crippen molar-refractivity contribution in [1.29, 1.82) is 0 Å². The van der Waals surface area contributed by atoms with E-state index in [1.165, 1.54) is 25.3 Å². The number of benzene rings is 1. The third-order valence-electron chi connectivity index (χ3n) is 5.25. The van der Waals surface area contributed by atoms with Gasteiger partial charge in [-0.2, -0.15) is 15.6 Å². The van der Waals surface area contributed by atoms with Gasteiger partial charge in [0.05, 0.1) is 25.2 Å². The fourth-order valence-electron chi connectivity index (χ4n) is 3.48. The van der Waals surface area contributed by atoms with Crippen molar-refractivity contribution in [3.05, 3.63) is 71.1 Å². The maximum Gasteiger partial charge on any atom is 0.373 e. The highest BCUT2D eigenvalue weighted by molar-refractivity contribution is 7.89. The molecule has 1 aromatic carbocycles. The van der Waals surface area contributed by atoms with Crippen LogP contribution in [0.5, 0.6) is 5.75 Å². The molecular weight excluding hydrogens is 494 g/mol. The fraction of sp³-hybridized carbons (Fsp3) is 0.375. The van der Waals surface area contributed by atoms with Gasteiger partial charge in [-0.15, -0.1) is 0 Å². The molecule has 190 valence electrons. The molecule has 1 unspecified atom stereocenters. The van der Waals surface area contributed by atoms with Gasteiger partial charge in [-0.1, -0.05) is 12.7 Å². The smallest absolute Gasteiger partial charge is 0.373 e. The van der Waals surface area contributed by atoms with Crippen LogP contribution in [0, 0.1) is 0 Å². The molecular formula is C24H29NO8S2.